The summed E-state index contributed by atoms with van der Waals surface area (Å²) in [6.07, 6.45) is 0. The number of primary amides is 1. The minimum absolute atomic E-state index is 0. The highest BCUT2D eigenvalue weighted by Crippen LogP contribution is 2.26. The number of carboxylic acid groups (broad SMARTS) is 1. The summed E-state index contributed by atoms with van der Waals surface area (Å²) in [6.45, 7) is 4.13. The van der Waals surface area contributed by atoms with Gasteiger partial charge in [0.1, 0.15) is 6.07 Å². The van der Waals surface area contributed by atoms with Crippen LogP contribution in [0.2, 0.25) is 25.1 Å². The van der Waals surface area contributed by atoms with Crippen molar-refractivity contribution in [3.8, 4) is 6.07 Å². The molecule has 0 bridgehead atoms. The van der Waals surface area contributed by atoms with Gasteiger partial charge in [0.2, 0.25) is 0 Å². The van der Waals surface area contributed by atoms with Gasteiger partial charge in [-0.1, -0.05) is 64.1 Å². The Labute approximate surface area is 365 Å². The van der Waals surface area contributed by atoms with Gasteiger partial charge in [-0.2, -0.15) is 20.6 Å². The Bertz CT molecular complexity index is 2850. The number of nitrogens with one attached hydrogen (secondary N) is 4. The minimum Gasteiger partial charge on any atom is -0.476 e. The molecule has 0 spiro atoms. The molecule has 0 atom stereocenters. The van der Waals surface area contributed by atoms with Crippen molar-refractivity contribution in [2.24, 2.45) is 5.73 Å². The fourth-order valence-corrected chi connectivity index (χ4v) is 6.13. The highest BCUT2D eigenvalue weighted by atomic mass is 35.5. The Morgan fingerprint density at radius 3 is 1.60 bits per heavy atom. The van der Waals surface area contributed by atoms with E-state index in [2.05, 4.69) is 49.8 Å². The van der Waals surface area contributed by atoms with Gasteiger partial charge in [0, 0.05) is 41.3 Å². The Morgan fingerprint density at radius 1 is 0.633 bits per heavy atom. The molecule has 5 aromatic carbocycles. The molecule has 20 heteroatoms. The summed E-state index contributed by atoms with van der Waals surface area (Å²) >= 11 is 28.6. The van der Waals surface area contributed by atoms with E-state index in [-0.39, 0.29) is 17.5 Å². The monoisotopic (exact) mass is 906 g/mol. The minimum atomic E-state index is -1.06. The molecular formula is C40H31Cl5N10O5. The molecule has 0 unspecified atom stereocenters. The highest BCUT2D eigenvalue weighted by molar-refractivity contribution is 6.52. The van der Waals surface area contributed by atoms with E-state index in [9.17, 15) is 19.2 Å². The van der Waals surface area contributed by atoms with Crippen LogP contribution in [0.15, 0.2) is 91.0 Å². The van der Waals surface area contributed by atoms with Crippen LogP contribution >= 0.6 is 58.0 Å². The molecule has 2 amide bonds. The molecule has 0 fully saturated rings. The predicted molar refractivity (Wildman–Crippen MR) is 234 cm³/mol. The van der Waals surface area contributed by atoms with Crippen LogP contribution in [0.5, 0.6) is 0 Å². The zero-order valence-electron chi connectivity index (χ0n) is 31.2. The molecule has 1 aliphatic heterocycles. The molecule has 0 aliphatic carbocycles. The highest BCUT2D eigenvalue weighted by Gasteiger charge is 2.27. The van der Waals surface area contributed by atoms with Gasteiger partial charge >= 0.3 is 5.97 Å². The number of amides is 2. The lowest BCUT2D eigenvalue weighted by Gasteiger charge is -1.97. The van der Waals surface area contributed by atoms with E-state index in [1.165, 1.54) is 17.2 Å². The smallest absolute Gasteiger partial charge is 0.357 e. The van der Waals surface area contributed by atoms with Crippen molar-refractivity contribution < 1.29 is 24.3 Å². The number of aromatic nitrogens is 6. The van der Waals surface area contributed by atoms with Crippen LogP contribution in [-0.2, 0) is 4.79 Å². The molecule has 0 radical (unpaired) electrons. The van der Waals surface area contributed by atoms with Gasteiger partial charge in [0.25, 0.3) is 17.6 Å². The first-order valence-electron chi connectivity index (χ1n) is 16.8. The lowest BCUT2D eigenvalue weighted by atomic mass is 10.1. The van der Waals surface area contributed by atoms with Crippen LogP contribution in [-0.4, -0.2) is 59.3 Å². The van der Waals surface area contributed by atoms with Crippen LogP contribution in [0.4, 0.5) is 5.69 Å². The molecule has 3 aromatic heterocycles. The van der Waals surface area contributed by atoms with Crippen molar-refractivity contribution >= 4 is 120 Å². The van der Waals surface area contributed by atoms with Gasteiger partial charge in [0.05, 0.1) is 27.8 Å². The molecule has 306 valence electrons. The van der Waals surface area contributed by atoms with Crippen LogP contribution in [0.1, 0.15) is 48.2 Å². The number of carboxylic acids is 1. The van der Waals surface area contributed by atoms with E-state index in [1.807, 2.05) is 24.3 Å². The van der Waals surface area contributed by atoms with Crippen LogP contribution in [0, 0.1) is 25.2 Å². The number of aromatic amines is 3. The summed E-state index contributed by atoms with van der Waals surface area (Å²) in [4.78, 5) is 43.5. The van der Waals surface area contributed by atoms with Crippen molar-refractivity contribution in [2.75, 3.05) is 5.32 Å². The number of carbonyl (C=O) groups excluding carboxylic acids is 3. The summed E-state index contributed by atoms with van der Waals surface area (Å²) in [5, 5.41) is 44.0. The first-order valence-corrected chi connectivity index (χ1v) is 18.7. The van der Waals surface area contributed by atoms with E-state index < -0.39 is 23.6 Å². The number of rotatable bonds is 2. The van der Waals surface area contributed by atoms with Crippen LogP contribution < -0.4 is 17.2 Å². The van der Waals surface area contributed by atoms with E-state index in [0.29, 0.717) is 53.3 Å². The number of nitriles is 1. The Balaban J connectivity index is 0.000000166. The molecule has 0 saturated carbocycles. The van der Waals surface area contributed by atoms with Crippen molar-refractivity contribution in [3.05, 3.63) is 150 Å². The van der Waals surface area contributed by atoms with E-state index in [4.69, 9.17) is 74.1 Å². The number of H-pyrrole nitrogens is 3. The fraction of sp³-hybridized carbons (Fsp3) is 0.0500. The van der Waals surface area contributed by atoms with Crippen molar-refractivity contribution in [1.29, 1.82) is 5.26 Å². The maximum atomic E-state index is 11.1. The van der Waals surface area contributed by atoms with Gasteiger partial charge in [-0.15, -0.1) is 0 Å². The Hall–Kier alpha value is -6.51. The SMILES string of the molecule is Cc1ccc(Cl)cc1C.N.N#Cc1n[nH]c2ccc(Cl)cc12.NC(=O)c1n[nH]c2ccc(Cl)cc12.O=C(O)c1n[nH]c2ccc(Cl)cc12.O=C1Nc2ccc(Cl)cc2C1=O. The zero-order chi connectivity index (χ0) is 43.0. The summed E-state index contributed by atoms with van der Waals surface area (Å²) < 4.78 is 0. The second-order valence-electron chi connectivity index (χ2n) is 12.3. The number of ketones is 1. The third kappa shape index (κ3) is 11.4. The number of benzene rings is 5. The number of nitrogens with zero attached hydrogens (tertiary/aromatic N) is 4. The Kier molecular flexibility index (Phi) is 15.7. The number of fused-ring (bicyclic) bond motifs is 4. The summed E-state index contributed by atoms with van der Waals surface area (Å²) in [6, 6.07) is 27.9. The first-order chi connectivity index (χ1) is 28.1. The lowest BCUT2D eigenvalue weighted by Crippen LogP contribution is -2.12. The van der Waals surface area contributed by atoms with Gasteiger partial charge in [-0.05, 0) is 110 Å². The molecule has 15 nitrogen and oxygen atoms in total. The number of aromatic carboxylic acids is 1. The second-order valence-corrected chi connectivity index (χ2v) is 14.5. The number of hydrogen-bond acceptors (Lipinski definition) is 9. The summed E-state index contributed by atoms with van der Waals surface area (Å²) in [7, 11) is 0. The zero-order valence-corrected chi connectivity index (χ0v) is 35.0. The van der Waals surface area contributed by atoms with Gasteiger partial charge in [-0.3, -0.25) is 29.7 Å². The average Bonchev–Trinajstić information content (AvgIpc) is 3.98. The van der Waals surface area contributed by atoms with E-state index in [1.54, 1.807) is 66.7 Å². The maximum Gasteiger partial charge on any atom is 0.357 e. The third-order valence-corrected chi connectivity index (χ3v) is 9.44. The van der Waals surface area contributed by atoms with Crippen molar-refractivity contribution in [2.45, 2.75) is 13.8 Å². The molecule has 4 heterocycles. The number of aryl methyl sites for hydroxylation is 2. The van der Waals surface area contributed by atoms with Crippen molar-refractivity contribution in [1.82, 2.24) is 36.7 Å². The molecular weight excluding hydrogens is 878 g/mol. The molecule has 10 N–H and O–H groups in total. The van der Waals surface area contributed by atoms with Crippen molar-refractivity contribution in [3.63, 3.8) is 0 Å². The summed E-state index contributed by atoms with van der Waals surface area (Å²) in [5.41, 5.74) is 11.4. The normalized spacial score (nSPS) is 10.9. The molecule has 1 aliphatic rings. The number of anilines is 1. The second kappa shape index (κ2) is 20.5. The van der Waals surface area contributed by atoms with Gasteiger partial charge in [0.15, 0.2) is 17.1 Å². The lowest BCUT2D eigenvalue weighted by molar-refractivity contribution is -0.112. The first kappa shape index (κ1) is 46.2. The fourth-order valence-electron chi connectivity index (χ4n) is 5.21. The number of halogens is 5. The van der Waals surface area contributed by atoms with E-state index in [0.717, 1.165) is 21.4 Å². The standard InChI is InChI=1S/C8H6ClN3O.C8H4ClN3.C8H5ClN2O2.C8H4ClNO2.C8H9Cl.H3N/c9-4-1-2-6-5(3-4)7(8(10)13)12-11-6;9-5-1-2-7-6(3-5)8(4-10)12-11-7;9-4-1-2-6-5(3-4)7(8(12)13)11-10-6;9-4-1-2-6-5(3-4)7(11)8(12)10-6;1-6-3-4-8(9)5-7(6)2;/h1-3H,(H2,10,13)(H,11,12);1-3H,(H,11,12);1-3H,(H,10,11)(H,12,13);1-3H,(H,10,11,12);3-5H,1-2H3;1H3. The maximum absolute atomic E-state index is 11.1. The van der Waals surface area contributed by atoms with Gasteiger partial charge < -0.3 is 22.3 Å². The average molecular weight is 909 g/mol. The Morgan fingerprint density at radius 2 is 1.08 bits per heavy atom. The summed E-state index contributed by atoms with van der Waals surface area (Å²) in [5.74, 6) is -2.73. The number of carbonyl (C=O) groups is 4. The van der Waals surface area contributed by atoms with Crippen LogP contribution in [0.3, 0.4) is 0 Å². The molecule has 8 aromatic rings. The number of Topliss-reactive ketones (excluding diaryl/α,β-unsaturated/α-hetero) is 1. The van der Waals surface area contributed by atoms with Crippen LogP contribution in [0.25, 0.3) is 32.7 Å². The van der Waals surface area contributed by atoms with E-state index >= 15 is 0 Å². The number of nitrogens with two attached hydrogens (primary N) is 1. The molecule has 0 saturated heterocycles. The third-order valence-electron chi connectivity index (χ3n) is 8.27. The number of hydrogen-bond donors (Lipinski definition) is 7. The molecule has 9 rings (SSSR count). The largest absolute Gasteiger partial charge is 0.476 e. The van der Waals surface area contributed by atoms with Gasteiger partial charge in [-0.25, -0.2) is 4.79 Å². The quantitative estimate of drug-likeness (QED) is 0.0806. The molecule has 60 heavy (non-hydrogen) atoms. The topological polar surface area (TPSA) is 271 Å². The predicted octanol–water partition coefficient (Wildman–Crippen LogP) is 9.91.